The Hall–Kier alpha value is -6.24. The lowest BCUT2D eigenvalue weighted by Crippen LogP contribution is -2.55. The average molecular weight is 670 g/mol. The van der Waals surface area contributed by atoms with E-state index in [0.717, 1.165) is 38.4 Å². The number of H-pyrrole nitrogens is 1. The second kappa shape index (κ2) is 14.3. The largest absolute Gasteiger partial charge is 0.331 e. The molecule has 0 aliphatic carbocycles. The van der Waals surface area contributed by atoms with Gasteiger partial charge in [0.2, 0.25) is 0 Å². The van der Waals surface area contributed by atoms with Crippen LogP contribution in [0.15, 0.2) is 192 Å². The Morgan fingerprint density at radius 1 is 0.529 bits per heavy atom. The molecule has 0 aliphatic heterocycles. The molecule has 0 saturated heterocycles. The van der Waals surface area contributed by atoms with Crippen molar-refractivity contribution in [1.82, 2.24) is 9.55 Å². The molecule has 7 rings (SSSR count). The van der Waals surface area contributed by atoms with Crippen LogP contribution >= 0.6 is 0 Å². The van der Waals surface area contributed by atoms with Gasteiger partial charge in [-0.2, -0.15) is 0 Å². The van der Waals surface area contributed by atoms with Crippen LogP contribution in [0.2, 0.25) is 0 Å². The van der Waals surface area contributed by atoms with Gasteiger partial charge in [0.15, 0.2) is 0 Å². The van der Waals surface area contributed by atoms with Gasteiger partial charge in [-0.25, -0.2) is 14.4 Å². The Morgan fingerprint density at radius 2 is 0.843 bits per heavy atom. The molecule has 252 valence electrons. The van der Waals surface area contributed by atoms with E-state index < -0.39 is 22.2 Å². The summed E-state index contributed by atoms with van der Waals surface area (Å²) in [5.41, 5.74) is 0.903. The minimum Gasteiger partial charge on any atom is -0.291 e. The third-order valence-corrected chi connectivity index (χ3v) is 9.68. The fourth-order valence-corrected chi connectivity index (χ4v) is 7.61. The van der Waals surface area contributed by atoms with Gasteiger partial charge in [0, 0.05) is 6.54 Å². The number of aromatic nitrogens is 2. The summed E-state index contributed by atoms with van der Waals surface area (Å²) in [6.45, 7) is 2.12. The second-order valence-electron chi connectivity index (χ2n) is 12.6. The summed E-state index contributed by atoms with van der Waals surface area (Å²) in [5.74, 6) is 0.0442. The molecule has 0 atom stereocenters. The highest BCUT2D eigenvalue weighted by molar-refractivity contribution is 5.66. The third kappa shape index (κ3) is 5.60. The van der Waals surface area contributed by atoms with E-state index in [1.54, 1.807) is 0 Å². The first-order valence-electron chi connectivity index (χ1n) is 17.2. The van der Waals surface area contributed by atoms with Crippen molar-refractivity contribution in [3.05, 3.63) is 242 Å². The number of anilines is 1. The second-order valence-corrected chi connectivity index (χ2v) is 12.6. The van der Waals surface area contributed by atoms with Gasteiger partial charge in [-0.05, 0) is 39.8 Å². The van der Waals surface area contributed by atoms with E-state index in [0.29, 0.717) is 6.42 Å². The van der Waals surface area contributed by atoms with Crippen LogP contribution in [0.1, 0.15) is 52.3 Å². The zero-order valence-corrected chi connectivity index (χ0v) is 28.4. The third-order valence-electron chi connectivity index (χ3n) is 9.68. The molecule has 0 radical (unpaired) electrons. The van der Waals surface area contributed by atoms with Gasteiger partial charge in [0.25, 0.3) is 5.56 Å². The maximum Gasteiger partial charge on any atom is 0.331 e. The van der Waals surface area contributed by atoms with E-state index in [1.165, 1.54) is 4.57 Å². The molecule has 0 saturated carbocycles. The highest BCUT2D eigenvalue weighted by Gasteiger charge is 2.48. The number of nitrogens with zero attached hydrogens (tertiary/aromatic N) is 2. The van der Waals surface area contributed by atoms with Crippen LogP contribution in [0.3, 0.4) is 0 Å². The smallest absolute Gasteiger partial charge is 0.291 e. The van der Waals surface area contributed by atoms with Crippen LogP contribution in [0.5, 0.6) is 0 Å². The first kappa shape index (κ1) is 33.3. The fraction of sp³-hybridized carbons (Fsp3) is 0.111. The van der Waals surface area contributed by atoms with Gasteiger partial charge >= 0.3 is 5.69 Å². The molecule has 1 aromatic heterocycles. The molecule has 0 spiro atoms. The number of hydroxylamine groups is 1. The van der Waals surface area contributed by atoms with E-state index >= 15 is 4.79 Å². The van der Waals surface area contributed by atoms with E-state index in [1.807, 2.05) is 189 Å². The van der Waals surface area contributed by atoms with Crippen molar-refractivity contribution in [2.75, 3.05) is 11.6 Å². The number of aromatic amines is 1. The monoisotopic (exact) mass is 669 g/mol. The Bertz CT molecular complexity index is 2110. The van der Waals surface area contributed by atoms with Crippen molar-refractivity contribution >= 4 is 5.82 Å². The number of nitrogens with one attached hydrogen (secondary N) is 1. The predicted molar refractivity (Wildman–Crippen MR) is 204 cm³/mol. The highest BCUT2D eigenvalue weighted by Crippen LogP contribution is 2.47. The zero-order valence-electron chi connectivity index (χ0n) is 28.4. The summed E-state index contributed by atoms with van der Waals surface area (Å²) in [6, 6.07) is 58.5. The van der Waals surface area contributed by atoms with E-state index in [4.69, 9.17) is 0 Å². The fourth-order valence-electron chi connectivity index (χ4n) is 7.61. The first-order chi connectivity index (χ1) is 25.0. The molecule has 51 heavy (non-hydrogen) atoms. The average Bonchev–Trinajstić information content (AvgIpc) is 3.20. The summed E-state index contributed by atoms with van der Waals surface area (Å²) >= 11 is 0. The lowest BCUT2D eigenvalue weighted by atomic mass is 9.65. The molecule has 6 heteroatoms. The highest BCUT2D eigenvalue weighted by atomic mass is 16.5. The Labute approximate surface area is 297 Å². The van der Waals surface area contributed by atoms with Gasteiger partial charge < -0.3 is 0 Å². The van der Waals surface area contributed by atoms with Crippen molar-refractivity contribution in [3.63, 3.8) is 0 Å². The van der Waals surface area contributed by atoms with Gasteiger partial charge in [0.1, 0.15) is 11.4 Å². The minimum atomic E-state index is -1.41. The topological polar surface area (TPSA) is 78.3 Å². The molecule has 7 aromatic rings. The quantitative estimate of drug-likeness (QED) is 0.107. The Kier molecular flexibility index (Phi) is 9.34. The van der Waals surface area contributed by atoms with Crippen molar-refractivity contribution in [2.45, 2.75) is 24.3 Å². The molecular weight excluding hydrogens is 631 g/mol. The molecule has 0 amide bonds. The lowest BCUT2D eigenvalue weighted by Gasteiger charge is -2.41. The van der Waals surface area contributed by atoms with Crippen LogP contribution in [0.4, 0.5) is 5.82 Å². The number of hydrogen-bond donors (Lipinski definition) is 2. The molecule has 2 N–H and O–H groups in total. The van der Waals surface area contributed by atoms with Crippen molar-refractivity contribution in [2.24, 2.45) is 0 Å². The molecule has 0 aliphatic rings. The molecule has 0 unspecified atom stereocenters. The maximum atomic E-state index is 16.3. The maximum absolute atomic E-state index is 16.3. The summed E-state index contributed by atoms with van der Waals surface area (Å²) in [4.78, 5) is 34.3. The molecular formula is C45H39N3O3. The summed E-state index contributed by atoms with van der Waals surface area (Å²) in [7, 11) is 0. The standard InChI is InChI=1S/C45H39N3O3/c1-2-33-47(51)41-40(44(34-21-9-3-10-22-34,35-23-11-4-12-24-35)36-25-13-5-14-26-36)42(49)48(43(50)46-41)45(37-27-15-6-16-28-37,38-29-17-7-18-30-38)39-31-19-8-20-32-39/h3-32,51H,2,33H2,1H3,(H,46,50). The number of rotatable bonds is 11. The van der Waals surface area contributed by atoms with Gasteiger partial charge in [0.05, 0.1) is 11.0 Å². The number of benzene rings is 6. The van der Waals surface area contributed by atoms with Crippen LogP contribution in [0, 0.1) is 0 Å². The van der Waals surface area contributed by atoms with Gasteiger partial charge in [-0.3, -0.25) is 15.0 Å². The van der Waals surface area contributed by atoms with Crippen molar-refractivity contribution in [3.8, 4) is 0 Å². The van der Waals surface area contributed by atoms with E-state index in [-0.39, 0.29) is 17.9 Å². The SMILES string of the molecule is CCCN(O)c1[nH]c(=O)n(C(c2ccccc2)(c2ccccc2)c2ccccc2)c(=O)c1C(c1ccccc1)(c1ccccc1)c1ccccc1. The molecule has 0 bridgehead atoms. The zero-order chi connectivity index (χ0) is 35.3. The molecule has 6 nitrogen and oxygen atoms in total. The Balaban J connectivity index is 1.76. The molecule has 1 heterocycles. The predicted octanol–water partition coefficient (Wildman–Crippen LogP) is 8.37. The van der Waals surface area contributed by atoms with E-state index in [2.05, 4.69) is 4.98 Å². The Morgan fingerprint density at radius 3 is 1.16 bits per heavy atom. The first-order valence-corrected chi connectivity index (χ1v) is 17.2. The van der Waals surface area contributed by atoms with Crippen LogP contribution < -0.4 is 16.3 Å². The normalized spacial score (nSPS) is 11.6. The van der Waals surface area contributed by atoms with Gasteiger partial charge in [-0.1, -0.05) is 189 Å². The van der Waals surface area contributed by atoms with Gasteiger partial charge in [-0.15, -0.1) is 0 Å². The molecule has 0 fully saturated rings. The van der Waals surface area contributed by atoms with Crippen LogP contribution in [-0.4, -0.2) is 21.3 Å². The van der Waals surface area contributed by atoms with Crippen LogP contribution in [0.25, 0.3) is 0 Å². The number of hydrogen-bond acceptors (Lipinski definition) is 4. The summed E-state index contributed by atoms with van der Waals surface area (Å²) < 4.78 is 1.36. The van der Waals surface area contributed by atoms with Crippen LogP contribution in [-0.2, 0) is 11.0 Å². The molecule has 6 aromatic carbocycles. The summed E-state index contributed by atoms with van der Waals surface area (Å²) in [6.07, 6.45) is 0.568. The van der Waals surface area contributed by atoms with Crippen molar-refractivity contribution < 1.29 is 5.21 Å². The summed E-state index contributed by atoms with van der Waals surface area (Å²) in [5, 5.41) is 12.8. The minimum absolute atomic E-state index is 0.0442. The van der Waals surface area contributed by atoms with E-state index in [9.17, 15) is 10.0 Å². The van der Waals surface area contributed by atoms with Crippen molar-refractivity contribution in [1.29, 1.82) is 0 Å². The lowest BCUT2D eigenvalue weighted by molar-refractivity contribution is 0.248.